The molecular weight excluding hydrogens is 608 g/mol. The summed E-state index contributed by atoms with van der Waals surface area (Å²) in [5, 5.41) is 44.6. The van der Waals surface area contributed by atoms with Crippen molar-refractivity contribution >= 4 is 5.78 Å². The summed E-state index contributed by atoms with van der Waals surface area (Å²) in [6.45, 7) is 8.28. The molecule has 1 aromatic rings. The molecule has 1 aromatic carbocycles. The van der Waals surface area contributed by atoms with E-state index in [-0.39, 0.29) is 66.7 Å². The Kier molecular flexibility index (Phi) is 9.02. The summed E-state index contributed by atoms with van der Waals surface area (Å²) in [5.74, 6) is 5.89. The van der Waals surface area contributed by atoms with E-state index in [4.69, 9.17) is 14.2 Å². The molecule has 8 nitrogen and oxygen atoms in total. The fourth-order valence-corrected chi connectivity index (χ4v) is 11.5. The van der Waals surface area contributed by atoms with Gasteiger partial charge in [0.2, 0.25) is 0 Å². The highest BCUT2D eigenvalue weighted by Gasteiger charge is 2.70. The summed E-state index contributed by atoms with van der Waals surface area (Å²) in [6, 6.07) is 10.2. The number of ketones is 1. The van der Waals surface area contributed by atoms with Crippen molar-refractivity contribution in [3.05, 3.63) is 47.5 Å². The molecule has 9 rings (SSSR count). The zero-order valence-corrected chi connectivity index (χ0v) is 28.9. The second kappa shape index (κ2) is 12.6. The molecule has 262 valence electrons. The van der Waals surface area contributed by atoms with Crippen molar-refractivity contribution in [1.29, 1.82) is 0 Å². The molecule has 8 aliphatic rings. The third kappa shape index (κ3) is 5.10. The van der Waals surface area contributed by atoms with E-state index in [9.17, 15) is 25.2 Å². The fraction of sp³-hybridized carbons (Fsp3) is 0.725. The van der Waals surface area contributed by atoms with Crippen molar-refractivity contribution in [2.24, 2.45) is 40.4 Å². The Hall–Kier alpha value is -2.09. The SMILES string of the molecule is C[C@@H]1[C@@H](CO)[C@@H]([C@@H](O)[C@@](C)(O)[C@H]2CC[C@@]34OCC#C[C@@H](c5ccccc5)CO[C@H]5CC[C@@]6(C)[C@@H](C5)C(=O)C=C3[C@@H]6CC[C@]24C)O[C@H]1CO. The van der Waals surface area contributed by atoms with Crippen LogP contribution in [0.5, 0.6) is 0 Å². The maximum atomic E-state index is 14.2. The first kappa shape index (κ1) is 34.4. The summed E-state index contributed by atoms with van der Waals surface area (Å²) in [7, 11) is 0. The van der Waals surface area contributed by atoms with Gasteiger partial charge in [0.15, 0.2) is 5.78 Å². The highest BCUT2D eigenvalue weighted by Crippen LogP contribution is 2.70. The minimum Gasteiger partial charge on any atom is -0.396 e. The van der Waals surface area contributed by atoms with Crippen LogP contribution in [0.1, 0.15) is 84.1 Å². The third-order valence-corrected chi connectivity index (χ3v) is 14.4. The molecule has 1 spiro atoms. The lowest BCUT2D eigenvalue weighted by molar-refractivity contribution is -0.205. The topological polar surface area (TPSA) is 126 Å². The van der Waals surface area contributed by atoms with Crippen molar-refractivity contribution in [1.82, 2.24) is 0 Å². The molecule has 0 unspecified atom stereocenters. The molecule has 3 saturated carbocycles. The van der Waals surface area contributed by atoms with Gasteiger partial charge >= 0.3 is 0 Å². The van der Waals surface area contributed by atoms with Crippen LogP contribution in [-0.4, -0.2) is 88.3 Å². The van der Waals surface area contributed by atoms with E-state index in [2.05, 4.69) is 37.8 Å². The lowest BCUT2D eigenvalue weighted by atomic mass is 9.45. The van der Waals surface area contributed by atoms with Crippen LogP contribution < -0.4 is 0 Å². The van der Waals surface area contributed by atoms with Crippen molar-refractivity contribution in [3.63, 3.8) is 0 Å². The van der Waals surface area contributed by atoms with Gasteiger partial charge in [-0.3, -0.25) is 4.79 Å². The smallest absolute Gasteiger partial charge is 0.159 e. The summed E-state index contributed by atoms with van der Waals surface area (Å²) in [5.41, 5.74) is -1.12. The maximum Gasteiger partial charge on any atom is 0.159 e. The molecule has 6 bridgehead atoms. The van der Waals surface area contributed by atoms with E-state index in [1.807, 2.05) is 31.2 Å². The number of hydrogen-bond acceptors (Lipinski definition) is 8. The molecule has 4 aliphatic carbocycles. The van der Waals surface area contributed by atoms with E-state index in [1.54, 1.807) is 6.92 Å². The number of carbonyl (C=O) groups is 1. The van der Waals surface area contributed by atoms with Crippen molar-refractivity contribution < 1.29 is 39.4 Å². The molecule has 0 radical (unpaired) electrons. The number of aliphatic hydroxyl groups is 4. The van der Waals surface area contributed by atoms with Crippen LogP contribution in [-0.2, 0) is 19.0 Å². The molecule has 4 N–H and O–H groups in total. The van der Waals surface area contributed by atoms with E-state index < -0.39 is 40.8 Å². The monoisotopic (exact) mass is 662 g/mol. The largest absolute Gasteiger partial charge is 0.396 e. The lowest BCUT2D eigenvalue weighted by Crippen LogP contribution is -2.64. The number of fused-ring (bicyclic) bond motifs is 2. The molecule has 8 heteroatoms. The normalized spacial score (nSPS) is 45.8. The highest BCUT2D eigenvalue weighted by molar-refractivity contribution is 5.95. The molecule has 1 saturated heterocycles. The third-order valence-electron chi connectivity index (χ3n) is 14.4. The summed E-state index contributed by atoms with van der Waals surface area (Å²) >= 11 is 0. The molecule has 14 atom stereocenters. The second-order valence-corrected chi connectivity index (χ2v) is 16.5. The Morgan fingerprint density at radius 1 is 1.04 bits per heavy atom. The standard InChI is InChI=1S/C40H54O8/c1-24-28(21-41)35(48-33(24)22-42)36(44)39(4,45)34-14-17-40-30-20-32(43)31-19-27(12-15-37(31,2)29(30)13-16-38(34,40)3)46-23-26(11-8-18-47-40)25-9-6-5-7-10-25/h5-7,9-10,20,24,26-29,31,33-36,41-42,44-45H,12-19,21-23H2,1-4H3/t24-,26-,27+,28-,29+,31+,33+,34+,35+,36-,37-,38-,39+,40-/m1/s1. The van der Waals surface area contributed by atoms with Gasteiger partial charge in [-0.05, 0) is 92.3 Å². The van der Waals surface area contributed by atoms with Gasteiger partial charge in [0.25, 0.3) is 0 Å². The Morgan fingerprint density at radius 2 is 1.81 bits per heavy atom. The van der Waals surface area contributed by atoms with Gasteiger partial charge in [-0.25, -0.2) is 0 Å². The summed E-state index contributed by atoms with van der Waals surface area (Å²) in [6.07, 6.45) is 4.59. The quantitative estimate of drug-likeness (QED) is 0.335. The van der Waals surface area contributed by atoms with Crippen LogP contribution in [0.3, 0.4) is 0 Å². The van der Waals surface area contributed by atoms with Gasteiger partial charge in [0.05, 0.1) is 48.6 Å². The second-order valence-electron chi connectivity index (χ2n) is 16.5. The van der Waals surface area contributed by atoms with Crippen molar-refractivity contribution in [2.75, 3.05) is 26.4 Å². The predicted molar refractivity (Wildman–Crippen MR) is 180 cm³/mol. The van der Waals surface area contributed by atoms with Crippen LogP contribution in [0, 0.1) is 52.3 Å². The number of benzene rings is 1. The number of aliphatic hydroxyl groups excluding tert-OH is 3. The molecular formula is C40H54O8. The van der Waals surface area contributed by atoms with Crippen molar-refractivity contribution in [2.45, 2.75) is 114 Å². The van der Waals surface area contributed by atoms with Gasteiger partial charge in [-0.1, -0.05) is 62.9 Å². The number of allylic oxidation sites excluding steroid dienone is 1. The Balaban J connectivity index is 1.28. The Labute approximate surface area is 285 Å². The molecule has 4 aliphatic heterocycles. The molecule has 0 amide bonds. The van der Waals surface area contributed by atoms with Crippen LogP contribution in [0.4, 0.5) is 0 Å². The number of ether oxygens (including phenoxy) is 3. The predicted octanol–water partition coefficient (Wildman–Crippen LogP) is 4.19. The lowest BCUT2D eigenvalue weighted by Gasteiger charge is -2.61. The Bertz CT molecular complexity index is 1460. The minimum atomic E-state index is -1.60. The van der Waals surface area contributed by atoms with Gasteiger partial charge in [0.1, 0.15) is 12.7 Å². The van der Waals surface area contributed by atoms with Gasteiger partial charge in [0, 0.05) is 23.9 Å². The van der Waals surface area contributed by atoms with E-state index in [0.717, 1.165) is 36.8 Å². The molecule has 0 aromatic heterocycles. The Morgan fingerprint density at radius 3 is 2.54 bits per heavy atom. The van der Waals surface area contributed by atoms with Gasteiger partial charge in [-0.15, -0.1) is 0 Å². The van der Waals surface area contributed by atoms with E-state index >= 15 is 0 Å². The molecule has 4 fully saturated rings. The molecule has 48 heavy (non-hydrogen) atoms. The fourth-order valence-electron chi connectivity index (χ4n) is 11.5. The molecule has 4 heterocycles. The van der Waals surface area contributed by atoms with E-state index in [1.165, 1.54) is 0 Å². The average Bonchev–Trinajstić information content (AvgIpc) is 3.58. The van der Waals surface area contributed by atoms with Crippen LogP contribution >= 0.6 is 0 Å². The van der Waals surface area contributed by atoms with Gasteiger partial charge in [-0.2, -0.15) is 0 Å². The number of rotatable bonds is 6. The highest BCUT2D eigenvalue weighted by atomic mass is 16.5. The minimum absolute atomic E-state index is 0.0122. The zero-order chi connectivity index (χ0) is 34.1. The first-order valence-electron chi connectivity index (χ1n) is 18.2. The van der Waals surface area contributed by atoms with E-state index in [0.29, 0.717) is 25.9 Å². The zero-order valence-electron chi connectivity index (χ0n) is 28.9. The van der Waals surface area contributed by atoms with Crippen LogP contribution in [0.25, 0.3) is 0 Å². The summed E-state index contributed by atoms with van der Waals surface area (Å²) in [4.78, 5) is 14.2. The summed E-state index contributed by atoms with van der Waals surface area (Å²) < 4.78 is 19.7. The first-order chi connectivity index (χ1) is 22.9. The van der Waals surface area contributed by atoms with Crippen LogP contribution in [0.15, 0.2) is 42.0 Å². The number of hydrogen-bond donors (Lipinski definition) is 4. The van der Waals surface area contributed by atoms with Crippen molar-refractivity contribution in [3.8, 4) is 11.8 Å². The maximum absolute atomic E-state index is 14.2. The van der Waals surface area contributed by atoms with Gasteiger partial charge < -0.3 is 34.6 Å². The first-order valence-corrected chi connectivity index (χ1v) is 18.2. The number of carbonyl (C=O) groups excluding carboxylic acids is 1. The van der Waals surface area contributed by atoms with Crippen LogP contribution in [0.2, 0.25) is 0 Å². The average molecular weight is 663 g/mol.